The zero-order chi connectivity index (χ0) is 14.4. The van der Waals surface area contributed by atoms with Crippen molar-refractivity contribution in [2.75, 3.05) is 0 Å². The summed E-state index contributed by atoms with van der Waals surface area (Å²) in [5.41, 5.74) is 1.43. The van der Waals surface area contributed by atoms with Gasteiger partial charge in [0.1, 0.15) is 15.8 Å². The van der Waals surface area contributed by atoms with E-state index >= 15 is 0 Å². The van der Waals surface area contributed by atoms with Gasteiger partial charge in [0.2, 0.25) is 0 Å². The van der Waals surface area contributed by atoms with Crippen LogP contribution in [0.4, 0.5) is 0 Å². The molecule has 1 fully saturated rings. The van der Waals surface area contributed by atoms with Crippen LogP contribution in [-0.4, -0.2) is 9.97 Å². The molecule has 2 aliphatic carbocycles. The maximum absolute atomic E-state index is 6.53. The Bertz CT molecular complexity index is 679. The van der Waals surface area contributed by atoms with Gasteiger partial charge in [0.05, 0.1) is 5.39 Å². The third kappa shape index (κ3) is 2.39. The molecule has 2 unspecified atom stereocenters. The SMILES string of the molecule is CCC1CCCC(c2nc(Cl)c3c4c(sc3n2)CCC4)C1. The second-order valence-corrected chi connectivity index (χ2v) is 7.99. The van der Waals surface area contributed by atoms with Crippen molar-refractivity contribution < 1.29 is 0 Å². The van der Waals surface area contributed by atoms with Crippen LogP contribution in [0.2, 0.25) is 5.15 Å². The normalized spacial score (nSPS) is 25.4. The fourth-order valence-corrected chi connectivity index (χ4v) is 5.66. The van der Waals surface area contributed by atoms with E-state index in [9.17, 15) is 0 Å². The maximum atomic E-state index is 6.53. The van der Waals surface area contributed by atoms with E-state index < -0.39 is 0 Å². The molecule has 4 rings (SSSR count). The van der Waals surface area contributed by atoms with Crippen molar-refractivity contribution in [2.45, 2.75) is 64.2 Å². The molecule has 0 aromatic carbocycles. The smallest absolute Gasteiger partial charge is 0.141 e. The molecule has 21 heavy (non-hydrogen) atoms. The number of aryl methyl sites for hydroxylation is 2. The van der Waals surface area contributed by atoms with E-state index in [1.807, 2.05) is 11.3 Å². The first-order valence-corrected chi connectivity index (χ1v) is 9.43. The number of rotatable bonds is 2. The maximum Gasteiger partial charge on any atom is 0.141 e. The molecular weight excluding hydrogens is 300 g/mol. The zero-order valence-corrected chi connectivity index (χ0v) is 14.1. The summed E-state index contributed by atoms with van der Waals surface area (Å²) in [7, 11) is 0. The van der Waals surface area contributed by atoms with Crippen LogP contribution < -0.4 is 0 Å². The Labute approximate surface area is 134 Å². The molecule has 2 aliphatic rings. The molecular formula is C17H21ClN2S. The van der Waals surface area contributed by atoms with Gasteiger partial charge in [0.15, 0.2) is 0 Å². The van der Waals surface area contributed by atoms with E-state index in [1.54, 1.807) is 0 Å². The first kappa shape index (κ1) is 14.0. The predicted molar refractivity (Wildman–Crippen MR) is 89.4 cm³/mol. The van der Waals surface area contributed by atoms with Crippen molar-refractivity contribution in [1.29, 1.82) is 0 Å². The Morgan fingerprint density at radius 2 is 2.10 bits per heavy atom. The van der Waals surface area contributed by atoms with Gasteiger partial charge in [-0.3, -0.25) is 0 Å². The number of nitrogens with zero attached hydrogens (tertiary/aromatic N) is 2. The molecule has 0 N–H and O–H groups in total. The molecule has 2 aromatic heterocycles. The number of halogens is 1. The molecule has 0 bridgehead atoms. The van der Waals surface area contributed by atoms with Crippen LogP contribution >= 0.6 is 22.9 Å². The minimum absolute atomic E-state index is 0.516. The van der Waals surface area contributed by atoms with E-state index in [4.69, 9.17) is 21.6 Å². The molecule has 0 radical (unpaired) electrons. The molecule has 112 valence electrons. The highest BCUT2D eigenvalue weighted by atomic mass is 35.5. The van der Waals surface area contributed by atoms with Crippen LogP contribution in [-0.2, 0) is 12.8 Å². The summed E-state index contributed by atoms with van der Waals surface area (Å²) in [6, 6.07) is 0. The van der Waals surface area contributed by atoms with Gasteiger partial charge in [0.25, 0.3) is 0 Å². The molecule has 0 amide bonds. The summed E-state index contributed by atoms with van der Waals surface area (Å²) in [4.78, 5) is 12.2. The van der Waals surface area contributed by atoms with Gasteiger partial charge < -0.3 is 0 Å². The Kier molecular flexibility index (Phi) is 3.66. The van der Waals surface area contributed by atoms with Gasteiger partial charge in [-0.05, 0) is 43.6 Å². The topological polar surface area (TPSA) is 25.8 Å². The second kappa shape index (κ2) is 5.51. The summed E-state index contributed by atoms with van der Waals surface area (Å²) in [5, 5.41) is 1.86. The van der Waals surface area contributed by atoms with Gasteiger partial charge in [-0.1, -0.05) is 37.8 Å². The lowest BCUT2D eigenvalue weighted by Gasteiger charge is -2.27. The molecule has 2 aromatic rings. The van der Waals surface area contributed by atoms with Crippen LogP contribution in [0.25, 0.3) is 10.2 Å². The van der Waals surface area contributed by atoms with Crippen LogP contribution in [0.15, 0.2) is 0 Å². The number of hydrogen-bond acceptors (Lipinski definition) is 3. The van der Waals surface area contributed by atoms with Crippen molar-refractivity contribution in [1.82, 2.24) is 9.97 Å². The van der Waals surface area contributed by atoms with Crippen molar-refractivity contribution in [3.8, 4) is 0 Å². The third-order valence-electron chi connectivity index (χ3n) is 5.26. The second-order valence-electron chi connectivity index (χ2n) is 6.55. The number of thiophene rings is 1. The lowest BCUT2D eigenvalue weighted by molar-refractivity contribution is 0.307. The first-order valence-electron chi connectivity index (χ1n) is 8.24. The van der Waals surface area contributed by atoms with E-state index in [1.165, 1.54) is 55.4 Å². The lowest BCUT2D eigenvalue weighted by atomic mass is 9.80. The van der Waals surface area contributed by atoms with Crippen molar-refractivity contribution in [3.63, 3.8) is 0 Å². The third-order valence-corrected chi connectivity index (χ3v) is 6.72. The molecule has 1 saturated carbocycles. The number of aromatic nitrogens is 2. The van der Waals surface area contributed by atoms with Crippen molar-refractivity contribution >= 4 is 33.2 Å². The van der Waals surface area contributed by atoms with E-state index in [0.29, 0.717) is 11.1 Å². The standard InChI is InChI=1S/C17H21ClN2S/c1-2-10-5-3-6-11(9-10)16-19-15(18)14-12-7-4-8-13(12)21-17(14)20-16/h10-11H,2-9H2,1H3. The average molecular weight is 321 g/mol. The molecule has 0 saturated heterocycles. The van der Waals surface area contributed by atoms with Crippen LogP contribution in [0.3, 0.4) is 0 Å². The van der Waals surface area contributed by atoms with Gasteiger partial charge in [-0.15, -0.1) is 11.3 Å². The Balaban J connectivity index is 1.73. The van der Waals surface area contributed by atoms with Gasteiger partial charge in [-0.2, -0.15) is 0 Å². The molecule has 2 nitrogen and oxygen atoms in total. The zero-order valence-electron chi connectivity index (χ0n) is 12.5. The number of fused-ring (bicyclic) bond motifs is 3. The van der Waals surface area contributed by atoms with Gasteiger partial charge in [-0.25, -0.2) is 9.97 Å². The Hall–Kier alpha value is -0.670. The predicted octanol–water partition coefficient (Wildman–Crippen LogP) is 5.52. The fraction of sp³-hybridized carbons (Fsp3) is 0.647. The van der Waals surface area contributed by atoms with E-state index in [-0.39, 0.29) is 0 Å². The summed E-state index contributed by atoms with van der Waals surface area (Å²) < 4.78 is 0. The van der Waals surface area contributed by atoms with Gasteiger partial charge >= 0.3 is 0 Å². The minimum atomic E-state index is 0.516. The molecule has 2 heterocycles. The molecule has 2 atom stereocenters. The summed E-state index contributed by atoms with van der Waals surface area (Å²) in [6.45, 7) is 2.30. The monoisotopic (exact) mass is 320 g/mol. The van der Waals surface area contributed by atoms with Crippen molar-refractivity contribution in [3.05, 3.63) is 21.4 Å². The highest BCUT2D eigenvalue weighted by molar-refractivity contribution is 7.19. The quantitative estimate of drug-likeness (QED) is 0.681. The largest absolute Gasteiger partial charge is 0.222 e. The molecule has 0 spiro atoms. The minimum Gasteiger partial charge on any atom is -0.222 e. The van der Waals surface area contributed by atoms with Crippen LogP contribution in [0.5, 0.6) is 0 Å². The van der Waals surface area contributed by atoms with Crippen molar-refractivity contribution in [2.24, 2.45) is 5.92 Å². The Morgan fingerprint density at radius 3 is 2.95 bits per heavy atom. The highest BCUT2D eigenvalue weighted by Crippen LogP contribution is 2.42. The Morgan fingerprint density at radius 1 is 1.19 bits per heavy atom. The molecule has 0 aliphatic heterocycles. The average Bonchev–Trinajstić information content (AvgIpc) is 3.07. The fourth-order valence-electron chi connectivity index (χ4n) is 4.05. The summed E-state index contributed by atoms with van der Waals surface area (Å²) in [6.07, 6.45) is 10.0. The number of hydrogen-bond donors (Lipinski definition) is 0. The summed E-state index contributed by atoms with van der Waals surface area (Å²) >= 11 is 8.38. The molecule has 4 heteroatoms. The highest BCUT2D eigenvalue weighted by Gasteiger charge is 2.27. The first-order chi connectivity index (χ1) is 10.3. The van der Waals surface area contributed by atoms with Gasteiger partial charge in [0, 0.05) is 10.8 Å². The summed E-state index contributed by atoms with van der Waals surface area (Å²) in [5.74, 6) is 2.36. The van der Waals surface area contributed by atoms with E-state index in [2.05, 4.69) is 6.92 Å². The lowest BCUT2D eigenvalue weighted by Crippen LogP contribution is -2.15. The van der Waals surface area contributed by atoms with Crippen LogP contribution in [0.1, 0.15) is 67.6 Å². The van der Waals surface area contributed by atoms with Crippen LogP contribution in [0, 0.1) is 5.92 Å². The van der Waals surface area contributed by atoms with E-state index in [0.717, 1.165) is 28.4 Å².